The number of hydrogen-bond acceptors (Lipinski definition) is 5. The summed E-state index contributed by atoms with van der Waals surface area (Å²) in [5, 5.41) is 2.83. The summed E-state index contributed by atoms with van der Waals surface area (Å²) in [4.78, 5) is 12.0. The smallest absolute Gasteiger partial charge is 0.237 e. The van der Waals surface area contributed by atoms with Gasteiger partial charge in [-0.25, -0.2) is 0 Å². The number of carbonyl (C=O) groups is 1. The molecule has 6 nitrogen and oxygen atoms in total. The number of amides is 1. The molecule has 0 spiro atoms. The molecule has 0 aliphatic rings. The summed E-state index contributed by atoms with van der Waals surface area (Å²) < 4.78 is 15.9. The van der Waals surface area contributed by atoms with Gasteiger partial charge < -0.3 is 25.3 Å². The van der Waals surface area contributed by atoms with E-state index in [2.05, 4.69) is 5.32 Å². The second-order valence-corrected chi connectivity index (χ2v) is 5.45. The molecule has 1 atom stereocenters. The van der Waals surface area contributed by atoms with Crippen molar-refractivity contribution in [2.45, 2.75) is 32.9 Å². The Morgan fingerprint density at radius 2 is 1.74 bits per heavy atom. The van der Waals surface area contributed by atoms with E-state index in [1.807, 2.05) is 19.9 Å². The Labute approximate surface area is 144 Å². The van der Waals surface area contributed by atoms with E-state index in [1.165, 1.54) is 0 Å². The summed E-state index contributed by atoms with van der Waals surface area (Å²) in [6.07, 6.45) is 0.648. The summed E-state index contributed by atoms with van der Waals surface area (Å²) in [5.41, 5.74) is 6.66. The van der Waals surface area contributed by atoms with Gasteiger partial charge in [0.2, 0.25) is 11.7 Å². The van der Waals surface area contributed by atoms with Crippen LogP contribution in [-0.4, -0.2) is 33.3 Å². The first-order valence-electron chi connectivity index (χ1n) is 7.25. The minimum Gasteiger partial charge on any atom is -0.493 e. The summed E-state index contributed by atoms with van der Waals surface area (Å²) >= 11 is 0. The van der Waals surface area contributed by atoms with Gasteiger partial charge in [-0.1, -0.05) is 13.8 Å². The van der Waals surface area contributed by atoms with Crippen LogP contribution in [0.5, 0.6) is 17.2 Å². The second-order valence-electron chi connectivity index (χ2n) is 5.45. The molecule has 0 fully saturated rings. The standard InChI is InChI=1S/C16H26N2O4.ClH/c1-10(2)8-12(17)16(19)18-9-11-6-7-13(20-3)15(22-5)14(11)21-4;/h6-7,10,12H,8-9,17H2,1-5H3,(H,18,19);1H/t12-;/m0./s1. The van der Waals surface area contributed by atoms with Crippen molar-refractivity contribution in [2.75, 3.05) is 21.3 Å². The van der Waals surface area contributed by atoms with Crippen LogP contribution in [0.25, 0.3) is 0 Å². The van der Waals surface area contributed by atoms with Crippen molar-refractivity contribution < 1.29 is 19.0 Å². The van der Waals surface area contributed by atoms with Crippen molar-refractivity contribution >= 4 is 18.3 Å². The number of nitrogens with two attached hydrogens (primary N) is 1. The first-order valence-corrected chi connectivity index (χ1v) is 7.25. The molecule has 0 aliphatic heterocycles. The van der Waals surface area contributed by atoms with E-state index < -0.39 is 6.04 Å². The van der Waals surface area contributed by atoms with Gasteiger partial charge in [-0.2, -0.15) is 0 Å². The van der Waals surface area contributed by atoms with Crippen LogP contribution in [-0.2, 0) is 11.3 Å². The molecule has 1 aromatic rings. The van der Waals surface area contributed by atoms with E-state index in [0.29, 0.717) is 36.1 Å². The second kappa shape index (κ2) is 10.2. The highest BCUT2D eigenvalue weighted by molar-refractivity contribution is 5.85. The van der Waals surface area contributed by atoms with Crippen molar-refractivity contribution in [1.29, 1.82) is 0 Å². The van der Waals surface area contributed by atoms with Crippen molar-refractivity contribution in [3.8, 4) is 17.2 Å². The molecule has 0 aliphatic carbocycles. The Balaban J connectivity index is 0.00000484. The van der Waals surface area contributed by atoms with Crippen molar-refractivity contribution in [2.24, 2.45) is 11.7 Å². The molecule has 0 saturated carbocycles. The highest BCUT2D eigenvalue weighted by Crippen LogP contribution is 2.39. The van der Waals surface area contributed by atoms with E-state index in [4.69, 9.17) is 19.9 Å². The van der Waals surface area contributed by atoms with Gasteiger partial charge in [0, 0.05) is 12.1 Å². The number of rotatable bonds is 8. The lowest BCUT2D eigenvalue weighted by Gasteiger charge is -2.17. The number of nitrogens with one attached hydrogen (secondary N) is 1. The van der Waals surface area contributed by atoms with E-state index >= 15 is 0 Å². The summed E-state index contributed by atoms with van der Waals surface area (Å²) in [6.45, 7) is 4.38. The average Bonchev–Trinajstić information content (AvgIpc) is 2.50. The van der Waals surface area contributed by atoms with Gasteiger partial charge in [0.25, 0.3) is 0 Å². The maximum absolute atomic E-state index is 12.0. The fourth-order valence-corrected chi connectivity index (χ4v) is 2.23. The van der Waals surface area contributed by atoms with Crippen LogP contribution in [0.3, 0.4) is 0 Å². The summed E-state index contributed by atoms with van der Waals surface area (Å²) in [5.74, 6) is 1.82. The molecule has 0 aromatic heterocycles. The molecule has 0 bridgehead atoms. The number of benzene rings is 1. The summed E-state index contributed by atoms with van der Waals surface area (Å²) in [7, 11) is 4.65. The summed E-state index contributed by atoms with van der Waals surface area (Å²) in [6, 6.07) is 3.09. The Hall–Kier alpha value is -1.66. The molecule has 0 radical (unpaired) electrons. The van der Waals surface area contributed by atoms with Gasteiger partial charge in [-0.05, 0) is 24.5 Å². The van der Waals surface area contributed by atoms with Crippen LogP contribution in [0.15, 0.2) is 12.1 Å². The van der Waals surface area contributed by atoms with Crippen LogP contribution in [0.1, 0.15) is 25.8 Å². The fourth-order valence-electron chi connectivity index (χ4n) is 2.23. The monoisotopic (exact) mass is 346 g/mol. The molecule has 1 amide bonds. The van der Waals surface area contributed by atoms with Gasteiger partial charge in [0.05, 0.1) is 27.4 Å². The Morgan fingerprint density at radius 3 is 2.22 bits per heavy atom. The van der Waals surface area contributed by atoms with Crippen LogP contribution in [0.2, 0.25) is 0 Å². The number of methoxy groups -OCH3 is 3. The van der Waals surface area contributed by atoms with Crippen LogP contribution >= 0.6 is 12.4 Å². The largest absolute Gasteiger partial charge is 0.493 e. The minimum atomic E-state index is -0.508. The molecule has 23 heavy (non-hydrogen) atoms. The molecular weight excluding hydrogens is 320 g/mol. The molecular formula is C16H27ClN2O4. The third-order valence-corrected chi connectivity index (χ3v) is 3.30. The van der Waals surface area contributed by atoms with E-state index in [-0.39, 0.29) is 18.3 Å². The van der Waals surface area contributed by atoms with E-state index in [9.17, 15) is 4.79 Å². The van der Waals surface area contributed by atoms with E-state index in [0.717, 1.165) is 5.56 Å². The van der Waals surface area contributed by atoms with Crippen LogP contribution < -0.4 is 25.3 Å². The van der Waals surface area contributed by atoms with Crippen molar-refractivity contribution in [3.63, 3.8) is 0 Å². The first-order chi connectivity index (χ1) is 10.4. The maximum Gasteiger partial charge on any atom is 0.237 e. The lowest BCUT2D eigenvalue weighted by Crippen LogP contribution is -2.41. The number of ether oxygens (including phenoxy) is 3. The highest BCUT2D eigenvalue weighted by atomic mass is 35.5. The molecule has 1 aromatic carbocycles. The third kappa shape index (κ3) is 5.80. The van der Waals surface area contributed by atoms with Crippen LogP contribution in [0.4, 0.5) is 0 Å². The van der Waals surface area contributed by atoms with Gasteiger partial charge >= 0.3 is 0 Å². The van der Waals surface area contributed by atoms with Gasteiger partial charge in [-0.3, -0.25) is 4.79 Å². The quantitative estimate of drug-likeness (QED) is 0.753. The Kier molecular flexibility index (Phi) is 9.44. The van der Waals surface area contributed by atoms with E-state index in [1.54, 1.807) is 27.4 Å². The molecule has 0 heterocycles. The molecule has 0 saturated heterocycles. The highest BCUT2D eigenvalue weighted by Gasteiger charge is 2.18. The lowest BCUT2D eigenvalue weighted by molar-refractivity contribution is -0.122. The van der Waals surface area contributed by atoms with Crippen LogP contribution in [0, 0.1) is 5.92 Å². The molecule has 3 N–H and O–H groups in total. The van der Waals surface area contributed by atoms with Gasteiger partial charge in [0.1, 0.15) is 0 Å². The zero-order chi connectivity index (χ0) is 16.7. The SMILES string of the molecule is COc1ccc(CNC(=O)[C@@H](N)CC(C)C)c(OC)c1OC.Cl. The molecule has 0 unspecified atom stereocenters. The van der Waals surface area contributed by atoms with Gasteiger partial charge in [-0.15, -0.1) is 12.4 Å². The predicted molar refractivity (Wildman–Crippen MR) is 92.6 cm³/mol. The van der Waals surface area contributed by atoms with Crippen molar-refractivity contribution in [1.82, 2.24) is 5.32 Å². The zero-order valence-corrected chi connectivity index (χ0v) is 15.2. The maximum atomic E-state index is 12.0. The fraction of sp³-hybridized carbons (Fsp3) is 0.562. The Bertz CT molecular complexity index is 509. The molecule has 132 valence electrons. The lowest BCUT2D eigenvalue weighted by atomic mass is 10.0. The topological polar surface area (TPSA) is 82.8 Å². The van der Waals surface area contributed by atoms with Crippen molar-refractivity contribution in [3.05, 3.63) is 17.7 Å². The predicted octanol–water partition coefficient (Wildman–Crippen LogP) is 2.12. The van der Waals surface area contributed by atoms with Gasteiger partial charge in [0.15, 0.2) is 11.5 Å². The Morgan fingerprint density at radius 1 is 1.13 bits per heavy atom. The minimum absolute atomic E-state index is 0. The molecule has 7 heteroatoms. The molecule has 1 rings (SSSR count). The normalized spacial score (nSPS) is 11.4. The average molecular weight is 347 g/mol. The first kappa shape index (κ1) is 21.3. The number of hydrogen-bond donors (Lipinski definition) is 2. The number of halogens is 1. The number of carbonyl (C=O) groups excluding carboxylic acids is 1. The third-order valence-electron chi connectivity index (χ3n) is 3.30. The zero-order valence-electron chi connectivity index (χ0n) is 14.3.